The molecule has 1 atom stereocenters. The molecule has 0 aromatic rings. The first-order valence-corrected chi connectivity index (χ1v) is 8.81. The molecule has 1 unspecified atom stereocenters. The molecule has 1 saturated carbocycles. The molecule has 1 heterocycles. The summed E-state index contributed by atoms with van der Waals surface area (Å²) in [7, 11) is 0. The zero-order chi connectivity index (χ0) is 16.0. The van der Waals surface area contributed by atoms with Crippen molar-refractivity contribution >= 4 is 24.2 Å². The van der Waals surface area contributed by atoms with E-state index in [0.29, 0.717) is 25.3 Å². The topological polar surface area (TPSA) is 89.4 Å². The molecule has 0 spiro atoms. The van der Waals surface area contributed by atoms with Crippen molar-refractivity contribution in [1.29, 1.82) is 0 Å². The number of amides is 2. The second kappa shape index (κ2) is 9.48. The van der Waals surface area contributed by atoms with Gasteiger partial charge >= 0.3 is 0 Å². The van der Waals surface area contributed by atoms with Crippen molar-refractivity contribution in [2.75, 3.05) is 19.6 Å². The van der Waals surface area contributed by atoms with Gasteiger partial charge in [0, 0.05) is 25.9 Å². The van der Waals surface area contributed by atoms with Gasteiger partial charge in [-0.2, -0.15) is 0 Å². The van der Waals surface area contributed by atoms with Crippen LogP contribution in [0.2, 0.25) is 0 Å². The maximum atomic E-state index is 12.7. The summed E-state index contributed by atoms with van der Waals surface area (Å²) in [6.45, 7) is 2.26. The van der Waals surface area contributed by atoms with Crippen LogP contribution in [0.4, 0.5) is 0 Å². The van der Waals surface area contributed by atoms with Crippen LogP contribution >= 0.6 is 12.4 Å². The van der Waals surface area contributed by atoms with E-state index in [4.69, 9.17) is 11.5 Å². The van der Waals surface area contributed by atoms with Crippen LogP contribution in [0, 0.1) is 11.3 Å². The van der Waals surface area contributed by atoms with Gasteiger partial charge in [0.1, 0.15) is 0 Å². The van der Waals surface area contributed by atoms with Crippen LogP contribution in [0.3, 0.4) is 0 Å². The van der Waals surface area contributed by atoms with Crippen molar-refractivity contribution in [1.82, 2.24) is 4.90 Å². The van der Waals surface area contributed by atoms with Crippen LogP contribution in [-0.4, -0.2) is 36.3 Å². The Labute approximate surface area is 145 Å². The van der Waals surface area contributed by atoms with Gasteiger partial charge in [-0.25, -0.2) is 0 Å². The molecule has 2 aliphatic rings. The quantitative estimate of drug-likeness (QED) is 0.773. The van der Waals surface area contributed by atoms with E-state index in [1.807, 2.05) is 4.90 Å². The van der Waals surface area contributed by atoms with E-state index in [0.717, 1.165) is 45.2 Å². The number of primary amides is 1. The Hall–Kier alpha value is -0.810. The Morgan fingerprint density at radius 3 is 2.43 bits per heavy atom. The minimum atomic E-state index is -0.243. The molecule has 2 rings (SSSR count). The molecule has 0 bridgehead atoms. The number of nitrogens with zero attached hydrogens (tertiary/aromatic N) is 1. The highest BCUT2D eigenvalue weighted by atomic mass is 35.5. The van der Waals surface area contributed by atoms with Crippen LogP contribution < -0.4 is 11.5 Å². The summed E-state index contributed by atoms with van der Waals surface area (Å²) in [5.74, 6) is 0.439. The number of likely N-dealkylation sites (tertiary alicyclic amines) is 1. The lowest BCUT2D eigenvalue weighted by molar-refractivity contribution is -0.136. The molecule has 4 N–H and O–H groups in total. The van der Waals surface area contributed by atoms with E-state index in [9.17, 15) is 9.59 Å². The predicted molar refractivity (Wildman–Crippen MR) is 94.2 cm³/mol. The van der Waals surface area contributed by atoms with Crippen molar-refractivity contribution in [3.63, 3.8) is 0 Å². The number of hydrogen-bond acceptors (Lipinski definition) is 3. The third-order valence-corrected chi connectivity index (χ3v) is 5.54. The molecule has 1 aliphatic carbocycles. The first-order valence-electron chi connectivity index (χ1n) is 8.81. The molecular formula is C17H32ClN3O2. The number of carbonyl (C=O) groups excluding carboxylic acids is 2. The summed E-state index contributed by atoms with van der Waals surface area (Å²) in [5, 5.41) is 0. The molecule has 0 radical (unpaired) electrons. The average Bonchev–Trinajstić information content (AvgIpc) is 2.54. The van der Waals surface area contributed by atoms with E-state index >= 15 is 0 Å². The fourth-order valence-electron chi connectivity index (χ4n) is 4.06. The van der Waals surface area contributed by atoms with E-state index in [2.05, 4.69) is 0 Å². The number of nitrogens with two attached hydrogens (primary N) is 2. The molecule has 23 heavy (non-hydrogen) atoms. The van der Waals surface area contributed by atoms with E-state index < -0.39 is 0 Å². The van der Waals surface area contributed by atoms with Crippen LogP contribution in [0.5, 0.6) is 0 Å². The Kier molecular flexibility index (Phi) is 8.34. The Morgan fingerprint density at radius 2 is 1.83 bits per heavy atom. The van der Waals surface area contributed by atoms with E-state index in [1.54, 1.807) is 0 Å². The number of piperidine rings is 1. The summed E-state index contributed by atoms with van der Waals surface area (Å²) in [4.78, 5) is 25.6. The van der Waals surface area contributed by atoms with Crippen molar-refractivity contribution in [2.24, 2.45) is 22.8 Å². The Balaban J connectivity index is 0.00000264. The zero-order valence-corrected chi connectivity index (χ0v) is 14.9. The molecular weight excluding hydrogens is 314 g/mol. The van der Waals surface area contributed by atoms with Gasteiger partial charge in [0.05, 0.1) is 0 Å². The van der Waals surface area contributed by atoms with Gasteiger partial charge in [-0.1, -0.05) is 19.3 Å². The third-order valence-electron chi connectivity index (χ3n) is 5.54. The molecule has 1 aliphatic heterocycles. The Bertz CT molecular complexity index is 397. The van der Waals surface area contributed by atoms with Gasteiger partial charge in [-0.3, -0.25) is 9.59 Å². The minimum Gasteiger partial charge on any atom is -0.370 e. The Morgan fingerprint density at radius 1 is 1.13 bits per heavy atom. The van der Waals surface area contributed by atoms with Crippen LogP contribution in [0.1, 0.15) is 64.2 Å². The van der Waals surface area contributed by atoms with Crippen LogP contribution in [0.25, 0.3) is 0 Å². The lowest BCUT2D eigenvalue weighted by atomic mass is 9.71. The molecule has 6 heteroatoms. The fourth-order valence-corrected chi connectivity index (χ4v) is 4.06. The summed E-state index contributed by atoms with van der Waals surface area (Å²) in [6, 6.07) is 0. The van der Waals surface area contributed by atoms with Gasteiger partial charge < -0.3 is 16.4 Å². The second-order valence-corrected chi connectivity index (χ2v) is 7.29. The average molecular weight is 346 g/mol. The number of halogens is 1. The van der Waals surface area contributed by atoms with Crippen molar-refractivity contribution in [3.8, 4) is 0 Å². The summed E-state index contributed by atoms with van der Waals surface area (Å²) >= 11 is 0. The second-order valence-electron chi connectivity index (χ2n) is 7.29. The molecule has 2 amide bonds. The fraction of sp³-hybridized carbons (Fsp3) is 0.882. The van der Waals surface area contributed by atoms with Gasteiger partial charge in [0.25, 0.3) is 0 Å². The number of carbonyl (C=O) groups is 2. The van der Waals surface area contributed by atoms with E-state index in [-0.39, 0.29) is 29.6 Å². The van der Waals surface area contributed by atoms with Gasteiger partial charge in [0.2, 0.25) is 11.8 Å². The molecule has 134 valence electrons. The highest BCUT2D eigenvalue weighted by Crippen LogP contribution is 2.39. The van der Waals surface area contributed by atoms with Crippen LogP contribution in [0.15, 0.2) is 0 Å². The molecule has 0 aromatic carbocycles. The molecule has 5 nitrogen and oxygen atoms in total. The maximum absolute atomic E-state index is 12.7. The first-order chi connectivity index (χ1) is 10.5. The highest BCUT2D eigenvalue weighted by molar-refractivity contribution is 5.85. The summed E-state index contributed by atoms with van der Waals surface area (Å²) in [5.41, 5.74) is 11.3. The third kappa shape index (κ3) is 5.96. The van der Waals surface area contributed by atoms with Gasteiger partial charge in [-0.15, -0.1) is 12.4 Å². The molecule has 2 fully saturated rings. The van der Waals surface area contributed by atoms with Crippen LogP contribution in [-0.2, 0) is 9.59 Å². The molecule has 1 saturated heterocycles. The van der Waals surface area contributed by atoms with E-state index in [1.165, 1.54) is 19.3 Å². The lowest BCUT2D eigenvalue weighted by Gasteiger charge is -2.39. The van der Waals surface area contributed by atoms with Gasteiger partial charge in [0.15, 0.2) is 0 Å². The SMILES string of the molecule is Cl.NCC1(CC(=O)N2CCCC(CCC(N)=O)C2)CCCCC1. The lowest BCUT2D eigenvalue weighted by Crippen LogP contribution is -2.44. The van der Waals surface area contributed by atoms with Gasteiger partial charge in [-0.05, 0) is 50.0 Å². The van der Waals surface area contributed by atoms with Crippen molar-refractivity contribution < 1.29 is 9.59 Å². The summed E-state index contributed by atoms with van der Waals surface area (Å²) in [6.07, 6.45) is 9.82. The largest absolute Gasteiger partial charge is 0.370 e. The summed E-state index contributed by atoms with van der Waals surface area (Å²) < 4.78 is 0. The maximum Gasteiger partial charge on any atom is 0.223 e. The standard InChI is InChI=1S/C17H31N3O2.ClH/c18-13-17(8-2-1-3-9-17)11-16(22)20-10-4-5-14(12-20)6-7-15(19)21;/h14H,1-13,18H2,(H2,19,21);1H. The normalized spacial score (nSPS) is 23.9. The number of hydrogen-bond donors (Lipinski definition) is 2. The predicted octanol–water partition coefficient (Wildman–Crippen LogP) is 2.21. The van der Waals surface area contributed by atoms with Crippen molar-refractivity contribution in [2.45, 2.75) is 64.2 Å². The minimum absolute atomic E-state index is 0. The highest BCUT2D eigenvalue weighted by Gasteiger charge is 2.35. The first kappa shape index (κ1) is 20.2. The smallest absolute Gasteiger partial charge is 0.223 e. The monoisotopic (exact) mass is 345 g/mol. The van der Waals surface area contributed by atoms with Crippen molar-refractivity contribution in [3.05, 3.63) is 0 Å². The number of rotatable bonds is 6. The zero-order valence-electron chi connectivity index (χ0n) is 14.1. The molecule has 0 aromatic heterocycles.